The molecule has 1 saturated carbocycles. The molecule has 2 N–H and O–H groups in total. The van der Waals surface area contributed by atoms with E-state index in [1.54, 1.807) is 0 Å². The van der Waals surface area contributed by atoms with Gasteiger partial charge in [-0.15, -0.1) is 0 Å². The molecule has 0 aliphatic heterocycles. The second-order valence-electron chi connectivity index (χ2n) is 4.72. The third-order valence-corrected chi connectivity index (χ3v) is 2.64. The van der Waals surface area contributed by atoms with Crippen molar-refractivity contribution >= 4 is 0 Å². The summed E-state index contributed by atoms with van der Waals surface area (Å²) in [5.41, 5.74) is 0. The first-order valence-corrected chi connectivity index (χ1v) is 5.61. The topological polar surface area (TPSA) is 41.5 Å². The summed E-state index contributed by atoms with van der Waals surface area (Å²) in [5.74, 6) is 0.858. The molecule has 0 aromatic heterocycles. The lowest BCUT2D eigenvalue weighted by Gasteiger charge is -2.34. The van der Waals surface area contributed by atoms with Gasteiger partial charge in [-0.1, -0.05) is 6.92 Å². The average molecular weight is 201 g/mol. The molecule has 1 atom stereocenters. The zero-order valence-corrected chi connectivity index (χ0v) is 9.49. The molecule has 0 spiro atoms. The standard InChI is InChI=1S/C11H23NO2/c1-8(2)14-7-11(13)6-12-10-4-9(3)5-10/h8-13H,4-7H2,1-3H3. The highest BCUT2D eigenvalue weighted by Crippen LogP contribution is 2.25. The Bertz CT molecular complexity index is 155. The van der Waals surface area contributed by atoms with Crippen LogP contribution in [0.4, 0.5) is 0 Å². The number of hydrogen-bond acceptors (Lipinski definition) is 3. The van der Waals surface area contributed by atoms with Crippen LogP contribution >= 0.6 is 0 Å². The molecule has 0 aromatic rings. The van der Waals surface area contributed by atoms with Crippen LogP contribution in [0, 0.1) is 5.92 Å². The summed E-state index contributed by atoms with van der Waals surface area (Å²) in [6.45, 7) is 7.31. The van der Waals surface area contributed by atoms with E-state index in [4.69, 9.17) is 4.74 Å². The second kappa shape index (κ2) is 5.69. The third-order valence-electron chi connectivity index (χ3n) is 2.64. The summed E-state index contributed by atoms with van der Waals surface area (Å²) in [7, 11) is 0. The Balaban J connectivity index is 1.95. The summed E-state index contributed by atoms with van der Waals surface area (Å²) < 4.78 is 5.32. The highest BCUT2D eigenvalue weighted by atomic mass is 16.5. The van der Waals surface area contributed by atoms with Crippen LogP contribution < -0.4 is 5.32 Å². The van der Waals surface area contributed by atoms with Crippen LogP contribution in [0.5, 0.6) is 0 Å². The summed E-state index contributed by atoms with van der Waals surface area (Å²) in [5, 5.41) is 12.9. The first kappa shape index (κ1) is 12.0. The maximum atomic E-state index is 9.54. The molecule has 14 heavy (non-hydrogen) atoms. The van der Waals surface area contributed by atoms with E-state index in [1.165, 1.54) is 12.8 Å². The summed E-state index contributed by atoms with van der Waals surface area (Å²) >= 11 is 0. The summed E-state index contributed by atoms with van der Waals surface area (Å²) in [6, 6.07) is 0.624. The molecule has 1 rings (SSSR count). The summed E-state index contributed by atoms with van der Waals surface area (Å²) in [4.78, 5) is 0. The molecule has 0 radical (unpaired) electrons. The molecule has 1 fully saturated rings. The van der Waals surface area contributed by atoms with Crippen LogP contribution in [-0.4, -0.2) is 36.5 Å². The molecule has 84 valence electrons. The van der Waals surface area contributed by atoms with Gasteiger partial charge in [-0.05, 0) is 32.6 Å². The van der Waals surface area contributed by atoms with Gasteiger partial charge >= 0.3 is 0 Å². The molecule has 0 saturated heterocycles. The lowest BCUT2D eigenvalue weighted by Crippen LogP contribution is -2.44. The van der Waals surface area contributed by atoms with Crippen molar-refractivity contribution in [1.29, 1.82) is 0 Å². The molecule has 1 aliphatic carbocycles. The maximum absolute atomic E-state index is 9.54. The first-order valence-electron chi connectivity index (χ1n) is 5.61. The Morgan fingerprint density at radius 2 is 2.07 bits per heavy atom. The number of aliphatic hydroxyl groups excluding tert-OH is 1. The Hall–Kier alpha value is -0.120. The Kier molecular flexibility index (Phi) is 4.85. The average Bonchev–Trinajstić information content (AvgIpc) is 2.07. The van der Waals surface area contributed by atoms with Crippen LogP contribution in [0.1, 0.15) is 33.6 Å². The number of nitrogens with one attached hydrogen (secondary N) is 1. The normalized spacial score (nSPS) is 28.9. The van der Waals surface area contributed by atoms with E-state index in [1.807, 2.05) is 13.8 Å². The second-order valence-corrected chi connectivity index (χ2v) is 4.72. The van der Waals surface area contributed by atoms with Gasteiger partial charge < -0.3 is 15.2 Å². The largest absolute Gasteiger partial charge is 0.389 e. The molecule has 0 bridgehead atoms. The Labute approximate surface area is 86.8 Å². The van der Waals surface area contributed by atoms with E-state index < -0.39 is 0 Å². The number of ether oxygens (including phenoxy) is 1. The third kappa shape index (κ3) is 4.40. The fourth-order valence-electron chi connectivity index (χ4n) is 1.73. The smallest absolute Gasteiger partial charge is 0.0897 e. The fourth-order valence-corrected chi connectivity index (χ4v) is 1.73. The van der Waals surface area contributed by atoms with Gasteiger partial charge in [0.1, 0.15) is 0 Å². The van der Waals surface area contributed by atoms with Gasteiger partial charge in [-0.25, -0.2) is 0 Å². The van der Waals surface area contributed by atoms with Gasteiger partial charge in [0.05, 0.1) is 18.8 Å². The van der Waals surface area contributed by atoms with Gasteiger partial charge in [-0.2, -0.15) is 0 Å². The zero-order valence-electron chi connectivity index (χ0n) is 9.49. The molecule has 0 aromatic carbocycles. The number of aliphatic hydroxyl groups is 1. The van der Waals surface area contributed by atoms with E-state index in [0.29, 0.717) is 19.2 Å². The minimum atomic E-state index is -0.367. The molecular weight excluding hydrogens is 178 g/mol. The van der Waals surface area contributed by atoms with Crippen molar-refractivity contribution in [2.24, 2.45) is 5.92 Å². The molecule has 1 unspecified atom stereocenters. The zero-order chi connectivity index (χ0) is 10.6. The highest BCUT2D eigenvalue weighted by molar-refractivity contribution is 4.82. The highest BCUT2D eigenvalue weighted by Gasteiger charge is 2.24. The number of hydrogen-bond donors (Lipinski definition) is 2. The monoisotopic (exact) mass is 201 g/mol. The molecule has 0 heterocycles. The van der Waals surface area contributed by atoms with Crippen molar-refractivity contribution in [1.82, 2.24) is 5.32 Å². The van der Waals surface area contributed by atoms with Crippen molar-refractivity contribution in [2.75, 3.05) is 13.2 Å². The first-order chi connectivity index (χ1) is 6.58. The van der Waals surface area contributed by atoms with Gasteiger partial charge in [0.2, 0.25) is 0 Å². The van der Waals surface area contributed by atoms with Crippen LogP contribution in [0.25, 0.3) is 0 Å². The van der Waals surface area contributed by atoms with Gasteiger partial charge in [0.15, 0.2) is 0 Å². The van der Waals surface area contributed by atoms with E-state index in [2.05, 4.69) is 12.2 Å². The van der Waals surface area contributed by atoms with Crippen molar-refractivity contribution in [3.05, 3.63) is 0 Å². The van der Waals surface area contributed by atoms with E-state index in [9.17, 15) is 5.11 Å². The molecular formula is C11H23NO2. The molecule has 3 heteroatoms. The summed E-state index contributed by atoms with van der Waals surface area (Å²) in [6.07, 6.45) is 2.33. The fraction of sp³-hybridized carbons (Fsp3) is 1.00. The molecule has 1 aliphatic rings. The molecule has 0 amide bonds. The van der Waals surface area contributed by atoms with E-state index >= 15 is 0 Å². The van der Waals surface area contributed by atoms with Crippen LogP contribution in [0.3, 0.4) is 0 Å². The minimum absolute atomic E-state index is 0.202. The maximum Gasteiger partial charge on any atom is 0.0897 e. The predicted molar refractivity (Wildman–Crippen MR) is 57.3 cm³/mol. The van der Waals surface area contributed by atoms with Crippen molar-refractivity contribution in [3.8, 4) is 0 Å². The van der Waals surface area contributed by atoms with Gasteiger partial charge in [-0.3, -0.25) is 0 Å². The lowest BCUT2D eigenvalue weighted by atomic mass is 9.82. The predicted octanol–water partition coefficient (Wildman–Crippen LogP) is 1.16. The van der Waals surface area contributed by atoms with Crippen molar-refractivity contribution < 1.29 is 9.84 Å². The quantitative estimate of drug-likeness (QED) is 0.677. The SMILES string of the molecule is CC1CC(NCC(O)COC(C)C)C1. The van der Waals surface area contributed by atoms with Gasteiger partial charge in [0.25, 0.3) is 0 Å². The van der Waals surface area contributed by atoms with Crippen molar-refractivity contribution in [2.45, 2.75) is 51.9 Å². The lowest BCUT2D eigenvalue weighted by molar-refractivity contribution is 0.00369. The van der Waals surface area contributed by atoms with Crippen LogP contribution in [-0.2, 0) is 4.74 Å². The molecule has 3 nitrogen and oxygen atoms in total. The van der Waals surface area contributed by atoms with Crippen molar-refractivity contribution in [3.63, 3.8) is 0 Å². The van der Waals surface area contributed by atoms with E-state index in [0.717, 1.165) is 5.92 Å². The van der Waals surface area contributed by atoms with Gasteiger partial charge in [0, 0.05) is 12.6 Å². The Morgan fingerprint density at radius 3 is 2.57 bits per heavy atom. The number of rotatable bonds is 6. The van der Waals surface area contributed by atoms with E-state index in [-0.39, 0.29) is 12.2 Å². The minimum Gasteiger partial charge on any atom is -0.389 e. The Morgan fingerprint density at radius 1 is 1.43 bits per heavy atom. The van der Waals surface area contributed by atoms with Crippen LogP contribution in [0.15, 0.2) is 0 Å². The van der Waals surface area contributed by atoms with Crippen LogP contribution in [0.2, 0.25) is 0 Å².